The second-order valence-electron chi connectivity index (χ2n) is 5.72. The molecule has 0 amide bonds. The van der Waals surface area contributed by atoms with Crippen LogP contribution < -0.4 is 16.2 Å². The molecule has 1 atom stereocenters. The van der Waals surface area contributed by atoms with Gasteiger partial charge in [-0.1, -0.05) is 0 Å². The summed E-state index contributed by atoms with van der Waals surface area (Å²) < 4.78 is 0. The minimum atomic E-state index is -0.0428. The average molecular weight is 262 g/mol. The third-order valence-electron chi connectivity index (χ3n) is 3.98. The van der Waals surface area contributed by atoms with E-state index in [0.717, 1.165) is 56.5 Å². The van der Waals surface area contributed by atoms with Gasteiger partial charge in [0.05, 0.1) is 0 Å². The zero-order valence-corrected chi connectivity index (χ0v) is 11.2. The summed E-state index contributed by atoms with van der Waals surface area (Å²) in [5, 5.41) is 6.72. The topological polar surface area (TPSA) is 69.8 Å². The molecule has 0 spiro atoms. The molecule has 2 aliphatic rings. The summed E-state index contributed by atoms with van der Waals surface area (Å²) in [5.74, 6) is 2.83. The van der Waals surface area contributed by atoms with Crippen LogP contribution in [-0.2, 0) is 0 Å². The van der Waals surface area contributed by atoms with Gasteiger partial charge in [0.15, 0.2) is 0 Å². The van der Waals surface area contributed by atoms with Crippen LogP contribution >= 0.6 is 0 Å². The Hall–Kier alpha value is -1.36. The quantitative estimate of drug-likeness (QED) is 0.751. The normalized spacial score (nSPS) is 23.3. The minimum Gasteiger partial charge on any atom is -0.370 e. The fraction of sp³-hybridized carbons (Fsp3) is 0.714. The highest BCUT2D eigenvalue weighted by Gasteiger charge is 2.26. The highest BCUT2D eigenvalue weighted by Crippen LogP contribution is 2.37. The first-order valence-corrected chi connectivity index (χ1v) is 7.37. The van der Waals surface area contributed by atoms with Crippen LogP contribution in [0.25, 0.3) is 0 Å². The molecule has 2 fully saturated rings. The first kappa shape index (κ1) is 12.7. The van der Waals surface area contributed by atoms with Crippen LogP contribution in [0.15, 0.2) is 10.9 Å². The summed E-state index contributed by atoms with van der Waals surface area (Å²) in [4.78, 5) is 18.9. The van der Waals surface area contributed by atoms with Gasteiger partial charge in [0.2, 0.25) is 0 Å². The van der Waals surface area contributed by atoms with Gasteiger partial charge >= 0.3 is 0 Å². The molecule has 1 aromatic heterocycles. The van der Waals surface area contributed by atoms with Crippen LogP contribution in [0.4, 0.5) is 5.82 Å². The summed E-state index contributed by atoms with van der Waals surface area (Å²) >= 11 is 0. The Bertz CT molecular complexity index is 475. The Labute approximate surface area is 113 Å². The Morgan fingerprint density at radius 1 is 1.37 bits per heavy atom. The van der Waals surface area contributed by atoms with Gasteiger partial charge in [-0.25, -0.2) is 4.98 Å². The molecule has 19 heavy (non-hydrogen) atoms. The Morgan fingerprint density at radius 2 is 2.26 bits per heavy atom. The van der Waals surface area contributed by atoms with Crippen molar-refractivity contribution in [2.24, 2.45) is 5.92 Å². The Morgan fingerprint density at radius 3 is 3.00 bits per heavy atom. The van der Waals surface area contributed by atoms with E-state index in [0.29, 0.717) is 5.92 Å². The highest BCUT2D eigenvalue weighted by molar-refractivity contribution is 5.33. The fourth-order valence-corrected chi connectivity index (χ4v) is 2.69. The summed E-state index contributed by atoms with van der Waals surface area (Å²) in [5.41, 5.74) is -0.0428. The number of hydrogen-bond donors (Lipinski definition) is 3. The first-order chi connectivity index (χ1) is 9.31. The average Bonchev–Trinajstić information content (AvgIpc) is 3.24. The third kappa shape index (κ3) is 3.56. The van der Waals surface area contributed by atoms with E-state index in [2.05, 4.69) is 20.6 Å². The van der Waals surface area contributed by atoms with E-state index in [1.54, 1.807) is 6.07 Å². The number of anilines is 1. The molecular weight excluding hydrogens is 240 g/mol. The van der Waals surface area contributed by atoms with E-state index < -0.39 is 0 Å². The fourth-order valence-electron chi connectivity index (χ4n) is 2.69. The second-order valence-corrected chi connectivity index (χ2v) is 5.72. The van der Waals surface area contributed by atoms with Gasteiger partial charge in [0, 0.05) is 18.5 Å². The number of aromatic nitrogens is 2. The van der Waals surface area contributed by atoms with E-state index in [-0.39, 0.29) is 5.56 Å². The van der Waals surface area contributed by atoms with Crippen molar-refractivity contribution in [1.82, 2.24) is 15.3 Å². The van der Waals surface area contributed by atoms with Crippen molar-refractivity contribution in [2.75, 3.05) is 25.0 Å². The van der Waals surface area contributed by atoms with Crippen molar-refractivity contribution < 1.29 is 0 Å². The molecule has 104 valence electrons. The lowest BCUT2D eigenvalue weighted by molar-refractivity contribution is 0.364. The number of rotatable bonds is 5. The maximum absolute atomic E-state index is 11.6. The van der Waals surface area contributed by atoms with Crippen molar-refractivity contribution in [3.63, 3.8) is 0 Å². The highest BCUT2D eigenvalue weighted by atomic mass is 16.1. The number of nitrogens with one attached hydrogen (secondary N) is 3. The maximum atomic E-state index is 11.6. The largest absolute Gasteiger partial charge is 0.370 e. The van der Waals surface area contributed by atoms with E-state index in [9.17, 15) is 4.79 Å². The number of piperidine rings is 1. The third-order valence-corrected chi connectivity index (χ3v) is 3.98. The van der Waals surface area contributed by atoms with Gasteiger partial charge in [-0.15, -0.1) is 0 Å². The van der Waals surface area contributed by atoms with Gasteiger partial charge in [0.25, 0.3) is 5.56 Å². The smallest absolute Gasteiger partial charge is 0.252 e. The molecule has 1 saturated heterocycles. The number of hydrogen-bond acceptors (Lipinski definition) is 4. The molecule has 1 saturated carbocycles. The minimum absolute atomic E-state index is 0.0428. The van der Waals surface area contributed by atoms with E-state index in [1.807, 2.05) is 0 Å². The van der Waals surface area contributed by atoms with Crippen molar-refractivity contribution in [2.45, 2.75) is 38.0 Å². The maximum Gasteiger partial charge on any atom is 0.252 e. The van der Waals surface area contributed by atoms with Crippen molar-refractivity contribution in [1.29, 1.82) is 0 Å². The predicted octanol–water partition coefficient (Wildman–Crippen LogP) is 1.45. The van der Waals surface area contributed by atoms with Crippen LogP contribution in [0, 0.1) is 5.92 Å². The molecule has 1 unspecified atom stereocenters. The molecule has 1 aliphatic heterocycles. The number of H-pyrrole nitrogens is 1. The lowest BCUT2D eigenvalue weighted by Gasteiger charge is -2.22. The molecule has 5 nitrogen and oxygen atoms in total. The van der Waals surface area contributed by atoms with Crippen LogP contribution in [0.5, 0.6) is 0 Å². The summed E-state index contributed by atoms with van der Waals surface area (Å²) in [6, 6.07) is 1.56. The molecule has 0 bridgehead atoms. The second kappa shape index (κ2) is 5.74. The molecule has 0 radical (unpaired) electrons. The standard InChI is InChI=1S/C14H22N4O/c19-13-8-12(17-14(18-13)11-3-4-11)16-7-5-10-2-1-6-15-9-10/h8,10-11,15H,1-7,9H2,(H2,16,17,18,19). The monoisotopic (exact) mass is 262 g/mol. The van der Waals surface area contributed by atoms with Gasteiger partial charge < -0.3 is 15.6 Å². The van der Waals surface area contributed by atoms with Gasteiger partial charge in [-0.2, -0.15) is 0 Å². The van der Waals surface area contributed by atoms with Gasteiger partial charge in [-0.3, -0.25) is 4.79 Å². The molecule has 3 rings (SSSR count). The van der Waals surface area contributed by atoms with Crippen LogP contribution in [0.1, 0.15) is 43.8 Å². The van der Waals surface area contributed by atoms with Gasteiger partial charge in [-0.05, 0) is 51.1 Å². The Kier molecular flexibility index (Phi) is 3.82. The van der Waals surface area contributed by atoms with Crippen molar-refractivity contribution >= 4 is 5.82 Å². The summed E-state index contributed by atoms with van der Waals surface area (Å²) in [7, 11) is 0. The van der Waals surface area contributed by atoms with Crippen LogP contribution in [-0.4, -0.2) is 29.6 Å². The molecule has 5 heteroatoms. The van der Waals surface area contributed by atoms with E-state index in [1.165, 1.54) is 12.8 Å². The molecule has 2 heterocycles. The van der Waals surface area contributed by atoms with Crippen molar-refractivity contribution in [3.05, 3.63) is 22.2 Å². The van der Waals surface area contributed by atoms with Crippen LogP contribution in [0.2, 0.25) is 0 Å². The molecule has 1 aromatic rings. The van der Waals surface area contributed by atoms with E-state index in [4.69, 9.17) is 0 Å². The molecule has 1 aliphatic carbocycles. The lowest BCUT2D eigenvalue weighted by Crippen LogP contribution is -2.30. The summed E-state index contributed by atoms with van der Waals surface area (Å²) in [6.07, 6.45) is 6.03. The number of nitrogens with zero attached hydrogens (tertiary/aromatic N) is 1. The molecule has 0 aromatic carbocycles. The first-order valence-electron chi connectivity index (χ1n) is 7.37. The molecule has 3 N–H and O–H groups in total. The lowest BCUT2D eigenvalue weighted by atomic mass is 9.96. The Balaban J connectivity index is 1.52. The zero-order valence-electron chi connectivity index (χ0n) is 11.2. The van der Waals surface area contributed by atoms with Gasteiger partial charge in [0.1, 0.15) is 11.6 Å². The van der Waals surface area contributed by atoms with Crippen molar-refractivity contribution in [3.8, 4) is 0 Å². The molecular formula is C14H22N4O. The SMILES string of the molecule is O=c1cc(NCCC2CCCNC2)nc(C2CC2)[nH]1. The predicted molar refractivity (Wildman–Crippen MR) is 75.5 cm³/mol. The zero-order chi connectivity index (χ0) is 13.1. The number of aromatic amines is 1. The van der Waals surface area contributed by atoms with Crippen LogP contribution in [0.3, 0.4) is 0 Å². The van der Waals surface area contributed by atoms with E-state index >= 15 is 0 Å². The summed E-state index contributed by atoms with van der Waals surface area (Å²) in [6.45, 7) is 3.18.